The van der Waals surface area contributed by atoms with E-state index in [0.717, 1.165) is 11.8 Å². The molecule has 72 valence electrons. The molecular formula is C10H20ClN. The zero-order valence-corrected chi connectivity index (χ0v) is 8.54. The van der Waals surface area contributed by atoms with Crippen molar-refractivity contribution < 1.29 is 0 Å². The zero-order valence-electron chi connectivity index (χ0n) is 7.72. The van der Waals surface area contributed by atoms with E-state index in [1.165, 1.54) is 51.6 Å². The van der Waals surface area contributed by atoms with E-state index in [1.54, 1.807) is 0 Å². The van der Waals surface area contributed by atoms with E-state index >= 15 is 0 Å². The van der Waals surface area contributed by atoms with Crippen molar-refractivity contribution in [2.24, 2.45) is 11.8 Å². The van der Waals surface area contributed by atoms with E-state index in [-0.39, 0.29) is 12.4 Å². The number of halogens is 1. The molecule has 0 aromatic heterocycles. The van der Waals surface area contributed by atoms with Crippen molar-refractivity contribution in [2.75, 3.05) is 13.1 Å². The summed E-state index contributed by atoms with van der Waals surface area (Å²) in [6.07, 6.45) is 8.99. The second-order valence-electron chi connectivity index (χ2n) is 4.15. The predicted molar refractivity (Wildman–Crippen MR) is 54.8 cm³/mol. The van der Waals surface area contributed by atoms with Crippen LogP contribution in [0.15, 0.2) is 0 Å². The molecule has 1 aliphatic heterocycles. The first kappa shape index (κ1) is 10.3. The Morgan fingerprint density at radius 2 is 1.58 bits per heavy atom. The van der Waals surface area contributed by atoms with Crippen LogP contribution in [0, 0.1) is 11.8 Å². The molecule has 2 heteroatoms. The van der Waals surface area contributed by atoms with E-state index < -0.39 is 0 Å². The van der Waals surface area contributed by atoms with E-state index in [4.69, 9.17) is 0 Å². The molecule has 1 atom stereocenters. The van der Waals surface area contributed by atoms with E-state index in [0.29, 0.717) is 0 Å². The first-order valence-corrected chi connectivity index (χ1v) is 5.17. The summed E-state index contributed by atoms with van der Waals surface area (Å²) in [6, 6.07) is 0. The lowest BCUT2D eigenvalue weighted by Gasteiger charge is -2.26. The quantitative estimate of drug-likeness (QED) is 0.669. The van der Waals surface area contributed by atoms with Crippen molar-refractivity contribution in [3.05, 3.63) is 0 Å². The summed E-state index contributed by atoms with van der Waals surface area (Å²) < 4.78 is 0. The number of rotatable bonds is 1. The molecule has 0 bridgehead atoms. The molecule has 1 unspecified atom stereocenters. The van der Waals surface area contributed by atoms with Gasteiger partial charge in [0.15, 0.2) is 0 Å². The van der Waals surface area contributed by atoms with Gasteiger partial charge in [0.05, 0.1) is 0 Å². The van der Waals surface area contributed by atoms with Crippen LogP contribution >= 0.6 is 12.4 Å². The second kappa shape index (κ2) is 5.08. The molecule has 1 N–H and O–H groups in total. The fraction of sp³-hybridized carbons (Fsp3) is 1.00. The summed E-state index contributed by atoms with van der Waals surface area (Å²) in [5.74, 6) is 2.12. The minimum atomic E-state index is 0. The van der Waals surface area contributed by atoms with Gasteiger partial charge in [-0.3, -0.25) is 0 Å². The molecule has 1 heterocycles. The van der Waals surface area contributed by atoms with Crippen LogP contribution in [0.1, 0.15) is 38.5 Å². The molecule has 0 aromatic carbocycles. The molecule has 1 aliphatic carbocycles. The summed E-state index contributed by atoms with van der Waals surface area (Å²) in [6.45, 7) is 2.59. The highest BCUT2D eigenvalue weighted by Gasteiger charge is 2.25. The van der Waals surface area contributed by atoms with Gasteiger partial charge >= 0.3 is 0 Å². The molecule has 2 rings (SSSR count). The first-order valence-electron chi connectivity index (χ1n) is 5.17. The summed E-state index contributed by atoms with van der Waals surface area (Å²) in [5, 5.41) is 3.47. The lowest BCUT2D eigenvalue weighted by molar-refractivity contribution is 0.263. The summed E-state index contributed by atoms with van der Waals surface area (Å²) in [4.78, 5) is 0. The third-order valence-corrected chi connectivity index (χ3v) is 3.41. The number of nitrogens with one attached hydrogen (secondary N) is 1. The average Bonchev–Trinajstić information content (AvgIpc) is 2.58. The minimum absolute atomic E-state index is 0. The monoisotopic (exact) mass is 189 g/mol. The van der Waals surface area contributed by atoms with Crippen LogP contribution in [0.25, 0.3) is 0 Å². The Kier molecular flexibility index (Phi) is 4.38. The number of hydrogen-bond acceptors (Lipinski definition) is 1. The Morgan fingerprint density at radius 3 is 2.17 bits per heavy atom. The maximum absolute atomic E-state index is 3.47. The molecule has 2 fully saturated rings. The van der Waals surface area contributed by atoms with E-state index in [1.807, 2.05) is 0 Å². The van der Waals surface area contributed by atoms with Gasteiger partial charge in [-0.25, -0.2) is 0 Å². The van der Waals surface area contributed by atoms with Crippen LogP contribution in [0.5, 0.6) is 0 Å². The smallest absolute Gasteiger partial charge is 0.00174 e. The van der Waals surface area contributed by atoms with Crippen LogP contribution in [0.4, 0.5) is 0 Å². The molecule has 1 saturated carbocycles. The molecule has 0 radical (unpaired) electrons. The molecule has 0 spiro atoms. The minimum Gasteiger partial charge on any atom is -0.316 e. The van der Waals surface area contributed by atoms with Gasteiger partial charge in [0.1, 0.15) is 0 Å². The molecule has 2 aliphatic rings. The van der Waals surface area contributed by atoms with Crippen molar-refractivity contribution in [3.8, 4) is 0 Å². The molecule has 12 heavy (non-hydrogen) atoms. The van der Waals surface area contributed by atoms with Crippen molar-refractivity contribution in [3.63, 3.8) is 0 Å². The SMILES string of the molecule is C1CCC(C2CCNC2)CC1.Cl. The largest absolute Gasteiger partial charge is 0.316 e. The fourth-order valence-electron chi connectivity index (χ4n) is 2.68. The highest BCUT2D eigenvalue weighted by Crippen LogP contribution is 2.32. The van der Waals surface area contributed by atoms with Crippen molar-refractivity contribution in [1.29, 1.82) is 0 Å². The van der Waals surface area contributed by atoms with Crippen LogP contribution in [0.3, 0.4) is 0 Å². The van der Waals surface area contributed by atoms with Gasteiger partial charge in [-0.2, -0.15) is 0 Å². The Morgan fingerprint density at radius 1 is 0.833 bits per heavy atom. The van der Waals surface area contributed by atoms with Gasteiger partial charge in [-0.05, 0) is 31.3 Å². The summed E-state index contributed by atoms with van der Waals surface area (Å²) in [7, 11) is 0. The van der Waals surface area contributed by atoms with Gasteiger partial charge in [0, 0.05) is 0 Å². The Labute approximate surface area is 81.7 Å². The Balaban J connectivity index is 0.000000720. The van der Waals surface area contributed by atoms with Crippen LogP contribution < -0.4 is 5.32 Å². The van der Waals surface area contributed by atoms with Gasteiger partial charge < -0.3 is 5.32 Å². The topological polar surface area (TPSA) is 12.0 Å². The second-order valence-corrected chi connectivity index (χ2v) is 4.15. The highest BCUT2D eigenvalue weighted by molar-refractivity contribution is 5.85. The molecule has 1 nitrogen and oxygen atoms in total. The van der Waals surface area contributed by atoms with Gasteiger partial charge in [-0.15, -0.1) is 12.4 Å². The third kappa shape index (κ3) is 2.37. The fourth-order valence-corrected chi connectivity index (χ4v) is 2.68. The van der Waals surface area contributed by atoms with Crippen LogP contribution in [-0.2, 0) is 0 Å². The van der Waals surface area contributed by atoms with E-state index in [2.05, 4.69) is 5.32 Å². The lowest BCUT2D eigenvalue weighted by atomic mass is 9.80. The van der Waals surface area contributed by atoms with Gasteiger partial charge in [-0.1, -0.05) is 32.1 Å². The summed E-state index contributed by atoms with van der Waals surface area (Å²) >= 11 is 0. The molecule has 0 aromatic rings. The lowest BCUT2D eigenvalue weighted by Crippen LogP contribution is -2.20. The number of hydrogen-bond donors (Lipinski definition) is 1. The molecular weight excluding hydrogens is 170 g/mol. The van der Waals surface area contributed by atoms with Crippen LogP contribution in [0.2, 0.25) is 0 Å². The average molecular weight is 190 g/mol. The molecule has 1 saturated heterocycles. The van der Waals surface area contributed by atoms with Crippen molar-refractivity contribution >= 4 is 12.4 Å². The van der Waals surface area contributed by atoms with Gasteiger partial charge in [0.25, 0.3) is 0 Å². The predicted octanol–water partition coefficient (Wildman–Crippen LogP) is 2.60. The van der Waals surface area contributed by atoms with Crippen LogP contribution in [-0.4, -0.2) is 13.1 Å². The van der Waals surface area contributed by atoms with E-state index in [9.17, 15) is 0 Å². The highest BCUT2D eigenvalue weighted by atomic mass is 35.5. The Hall–Kier alpha value is 0.250. The van der Waals surface area contributed by atoms with Gasteiger partial charge in [0.2, 0.25) is 0 Å². The third-order valence-electron chi connectivity index (χ3n) is 3.41. The van der Waals surface area contributed by atoms with Crippen molar-refractivity contribution in [2.45, 2.75) is 38.5 Å². The normalized spacial score (nSPS) is 31.5. The Bertz CT molecular complexity index is 115. The molecule has 0 amide bonds. The first-order chi connectivity index (χ1) is 5.47. The zero-order chi connectivity index (χ0) is 7.52. The standard InChI is InChI=1S/C10H19N.ClH/c1-2-4-9(5-3-1)10-6-7-11-8-10;/h9-11H,1-8H2;1H. The van der Waals surface area contributed by atoms with Crippen molar-refractivity contribution in [1.82, 2.24) is 5.32 Å². The maximum atomic E-state index is 3.47. The summed E-state index contributed by atoms with van der Waals surface area (Å²) in [5.41, 5.74) is 0. The maximum Gasteiger partial charge on any atom is -0.00174 e.